The van der Waals surface area contributed by atoms with Gasteiger partial charge in [-0.15, -0.1) is 0 Å². The molecule has 0 aliphatic carbocycles. The fourth-order valence-electron chi connectivity index (χ4n) is 3.19. The zero-order chi connectivity index (χ0) is 14.7. The average Bonchev–Trinajstić information content (AvgIpc) is 2.56. The summed E-state index contributed by atoms with van der Waals surface area (Å²) in [5.41, 5.74) is 7.85. The van der Waals surface area contributed by atoms with Crippen LogP contribution in [0.3, 0.4) is 0 Å². The number of hydrogen-bond acceptors (Lipinski definition) is 3. The summed E-state index contributed by atoms with van der Waals surface area (Å²) >= 11 is 0. The van der Waals surface area contributed by atoms with Crippen LogP contribution in [0.4, 0.5) is 4.39 Å². The van der Waals surface area contributed by atoms with Crippen LogP contribution in [0.15, 0.2) is 18.2 Å². The number of halogens is 1. The molecule has 3 nitrogen and oxygen atoms in total. The molecule has 4 heteroatoms. The predicted octanol–water partition coefficient (Wildman–Crippen LogP) is 2.16. The Labute approximate surface area is 121 Å². The van der Waals surface area contributed by atoms with Gasteiger partial charge >= 0.3 is 0 Å². The molecule has 1 aromatic rings. The Bertz CT molecular complexity index is 449. The lowest BCUT2D eigenvalue weighted by molar-refractivity contribution is 0.146. The first-order valence-electron chi connectivity index (χ1n) is 7.43. The van der Waals surface area contributed by atoms with Crippen LogP contribution in [0.1, 0.15) is 30.5 Å². The molecule has 1 aliphatic heterocycles. The van der Waals surface area contributed by atoms with Gasteiger partial charge in [-0.3, -0.25) is 4.90 Å². The second-order valence-electron chi connectivity index (χ2n) is 5.96. The van der Waals surface area contributed by atoms with E-state index in [1.165, 1.54) is 0 Å². The molecule has 2 rings (SSSR count). The Morgan fingerprint density at radius 1 is 1.40 bits per heavy atom. The van der Waals surface area contributed by atoms with E-state index in [9.17, 15) is 4.39 Å². The van der Waals surface area contributed by atoms with Gasteiger partial charge in [0.15, 0.2) is 0 Å². The van der Waals surface area contributed by atoms with Gasteiger partial charge in [0, 0.05) is 31.7 Å². The number of benzene rings is 1. The first kappa shape index (κ1) is 15.4. The maximum Gasteiger partial charge on any atom is 0.126 e. The second-order valence-corrected chi connectivity index (χ2v) is 5.96. The molecule has 2 N–H and O–H groups in total. The van der Waals surface area contributed by atoms with Crippen molar-refractivity contribution in [2.75, 3.05) is 33.2 Å². The number of nitrogens with two attached hydrogens (primary N) is 1. The summed E-state index contributed by atoms with van der Waals surface area (Å²) < 4.78 is 13.4. The predicted molar refractivity (Wildman–Crippen MR) is 81.2 cm³/mol. The number of nitrogens with zero attached hydrogens (tertiary/aromatic N) is 2. The molecular weight excluding hydrogens is 253 g/mol. The van der Waals surface area contributed by atoms with E-state index in [0.29, 0.717) is 18.2 Å². The maximum absolute atomic E-state index is 13.4. The zero-order valence-corrected chi connectivity index (χ0v) is 12.8. The van der Waals surface area contributed by atoms with E-state index in [-0.39, 0.29) is 11.9 Å². The highest BCUT2D eigenvalue weighted by Crippen LogP contribution is 2.25. The standard InChI is InChI=1S/C16H26FN3/c1-12-9-14(5-6-15(12)17)16(10-18)20-8-4-7-19(3)11-13(20)2/h5-6,9,13,16H,4,7-8,10-11,18H2,1-3H3. The lowest BCUT2D eigenvalue weighted by Crippen LogP contribution is -2.43. The lowest BCUT2D eigenvalue weighted by Gasteiger charge is -2.35. The normalized spacial score (nSPS) is 23.6. The lowest BCUT2D eigenvalue weighted by atomic mass is 10.0. The fourth-order valence-corrected chi connectivity index (χ4v) is 3.19. The van der Waals surface area contributed by atoms with Gasteiger partial charge in [-0.2, -0.15) is 0 Å². The summed E-state index contributed by atoms with van der Waals surface area (Å²) in [6, 6.07) is 6.01. The molecule has 112 valence electrons. The highest BCUT2D eigenvalue weighted by molar-refractivity contribution is 5.27. The Hall–Kier alpha value is -0.970. The van der Waals surface area contributed by atoms with Gasteiger partial charge in [0.2, 0.25) is 0 Å². The first-order valence-corrected chi connectivity index (χ1v) is 7.43. The molecule has 0 amide bonds. The van der Waals surface area contributed by atoms with Gasteiger partial charge in [-0.05, 0) is 51.1 Å². The molecule has 1 aliphatic rings. The Morgan fingerprint density at radius 3 is 2.80 bits per heavy atom. The highest BCUT2D eigenvalue weighted by Gasteiger charge is 2.27. The third-order valence-electron chi connectivity index (χ3n) is 4.29. The van der Waals surface area contributed by atoms with Crippen LogP contribution in [-0.2, 0) is 0 Å². The van der Waals surface area contributed by atoms with E-state index in [1.54, 1.807) is 6.07 Å². The number of aryl methyl sites for hydroxylation is 1. The van der Waals surface area contributed by atoms with Crippen molar-refractivity contribution in [3.63, 3.8) is 0 Å². The van der Waals surface area contributed by atoms with Crippen LogP contribution in [0.25, 0.3) is 0 Å². The van der Waals surface area contributed by atoms with Crippen molar-refractivity contribution in [2.24, 2.45) is 5.73 Å². The van der Waals surface area contributed by atoms with Crippen LogP contribution in [0.2, 0.25) is 0 Å². The molecule has 1 heterocycles. The molecule has 2 atom stereocenters. The molecule has 0 radical (unpaired) electrons. The van der Waals surface area contributed by atoms with Crippen molar-refractivity contribution >= 4 is 0 Å². The van der Waals surface area contributed by atoms with Crippen LogP contribution < -0.4 is 5.73 Å². The first-order chi connectivity index (χ1) is 9.52. The summed E-state index contributed by atoms with van der Waals surface area (Å²) in [5, 5.41) is 0. The van der Waals surface area contributed by atoms with Crippen molar-refractivity contribution in [1.29, 1.82) is 0 Å². The smallest absolute Gasteiger partial charge is 0.126 e. The summed E-state index contributed by atoms with van der Waals surface area (Å²) in [4.78, 5) is 4.84. The van der Waals surface area contributed by atoms with Gasteiger partial charge in [0.1, 0.15) is 5.82 Å². The van der Waals surface area contributed by atoms with Gasteiger partial charge in [0.05, 0.1) is 0 Å². The van der Waals surface area contributed by atoms with Gasteiger partial charge in [-0.25, -0.2) is 4.39 Å². The Morgan fingerprint density at radius 2 is 2.15 bits per heavy atom. The summed E-state index contributed by atoms with van der Waals surface area (Å²) in [7, 11) is 2.17. The van der Waals surface area contributed by atoms with Crippen LogP contribution in [0, 0.1) is 12.7 Å². The third-order valence-corrected chi connectivity index (χ3v) is 4.29. The molecular formula is C16H26FN3. The Kier molecular flexibility index (Phi) is 5.13. The third kappa shape index (κ3) is 3.37. The van der Waals surface area contributed by atoms with Crippen molar-refractivity contribution in [3.8, 4) is 0 Å². The summed E-state index contributed by atoms with van der Waals surface area (Å²) in [5.74, 6) is -0.145. The van der Waals surface area contributed by atoms with E-state index in [1.807, 2.05) is 19.1 Å². The zero-order valence-electron chi connectivity index (χ0n) is 12.8. The molecule has 0 spiro atoms. The van der Waals surface area contributed by atoms with E-state index in [0.717, 1.165) is 31.6 Å². The number of hydrogen-bond donors (Lipinski definition) is 1. The van der Waals surface area contributed by atoms with Crippen molar-refractivity contribution in [3.05, 3.63) is 35.1 Å². The van der Waals surface area contributed by atoms with Crippen molar-refractivity contribution in [2.45, 2.75) is 32.4 Å². The average molecular weight is 279 g/mol. The maximum atomic E-state index is 13.4. The van der Waals surface area contributed by atoms with Crippen LogP contribution >= 0.6 is 0 Å². The molecule has 20 heavy (non-hydrogen) atoms. The van der Waals surface area contributed by atoms with Gasteiger partial charge < -0.3 is 10.6 Å². The molecule has 0 bridgehead atoms. The molecule has 1 fully saturated rings. The minimum Gasteiger partial charge on any atom is -0.329 e. The minimum absolute atomic E-state index is 0.145. The Balaban J connectivity index is 2.23. The number of rotatable bonds is 3. The van der Waals surface area contributed by atoms with E-state index in [4.69, 9.17) is 5.73 Å². The van der Waals surface area contributed by atoms with E-state index in [2.05, 4.69) is 23.8 Å². The second kappa shape index (κ2) is 6.66. The van der Waals surface area contributed by atoms with E-state index >= 15 is 0 Å². The monoisotopic (exact) mass is 279 g/mol. The van der Waals surface area contributed by atoms with Gasteiger partial charge in [-0.1, -0.05) is 12.1 Å². The van der Waals surface area contributed by atoms with Crippen LogP contribution in [-0.4, -0.2) is 49.1 Å². The summed E-state index contributed by atoms with van der Waals surface area (Å²) in [6.07, 6.45) is 1.15. The van der Waals surface area contributed by atoms with Gasteiger partial charge in [0.25, 0.3) is 0 Å². The fraction of sp³-hybridized carbons (Fsp3) is 0.625. The molecule has 0 aromatic heterocycles. The van der Waals surface area contributed by atoms with E-state index < -0.39 is 0 Å². The topological polar surface area (TPSA) is 32.5 Å². The minimum atomic E-state index is -0.145. The van der Waals surface area contributed by atoms with Crippen molar-refractivity contribution < 1.29 is 4.39 Å². The molecule has 2 unspecified atom stereocenters. The quantitative estimate of drug-likeness (QED) is 0.920. The largest absolute Gasteiger partial charge is 0.329 e. The molecule has 0 saturated carbocycles. The summed E-state index contributed by atoms with van der Waals surface area (Å²) in [6.45, 7) is 7.85. The molecule has 1 aromatic carbocycles. The van der Waals surface area contributed by atoms with Crippen molar-refractivity contribution in [1.82, 2.24) is 9.80 Å². The van der Waals surface area contributed by atoms with Crippen LogP contribution in [0.5, 0.6) is 0 Å². The SMILES string of the molecule is Cc1cc(C(CN)N2CCCN(C)CC2C)ccc1F. The highest BCUT2D eigenvalue weighted by atomic mass is 19.1. The number of likely N-dealkylation sites (N-methyl/N-ethyl adjacent to an activating group) is 1. The molecule has 1 saturated heterocycles.